The van der Waals surface area contributed by atoms with Crippen LogP contribution in [0.15, 0.2) is 0 Å². The van der Waals surface area contributed by atoms with Crippen molar-refractivity contribution < 1.29 is 42.1 Å². The molecule has 0 fully saturated rings. The molecule has 2 unspecified atom stereocenters. The van der Waals surface area contributed by atoms with Gasteiger partial charge in [0.2, 0.25) is 0 Å². The van der Waals surface area contributed by atoms with E-state index < -0.39 is 26.5 Å². The maximum atomic E-state index is 12.1. The molecule has 0 aliphatic rings. The fraction of sp³-hybridized carbons (Fsp3) is 0.931. The number of rotatable bonds is 27. The van der Waals surface area contributed by atoms with Gasteiger partial charge in [-0.25, -0.2) is 4.57 Å². The molecule has 0 radical (unpaired) electrons. The first-order valence-corrected chi connectivity index (χ1v) is 16.8. The largest absolute Gasteiger partial charge is 0.472 e. The lowest BCUT2D eigenvalue weighted by atomic mass is 10.0. The van der Waals surface area contributed by atoms with Gasteiger partial charge in [-0.1, -0.05) is 104 Å². The van der Waals surface area contributed by atoms with E-state index >= 15 is 0 Å². The molecule has 9 nitrogen and oxygen atoms in total. The maximum Gasteiger partial charge on any atom is 0.472 e. The zero-order chi connectivity index (χ0) is 29.4. The predicted molar refractivity (Wildman–Crippen MR) is 155 cm³/mol. The topological polar surface area (TPSA) is 108 Å². The quantitative estimate of drug-likeness (QED) is 0.0481. The van der Waals surface area contributed by atoms with Crippen molar-refractivity contribution in [3.8, 4) is 0 Å². The Balaban J connectivity index is 3.97. The van der Waals surface area contributed by atoms with Crippen molar-refractivity contribution >= 4 is 19.8 Å². The normalized spacial score (nSPS) is 14.1. The number of carbonyl (C=O) groups excluding carboxylic acids is 2. The number of quaternary nitrogens is 1. The minimum atomic E-state index is -4.32. The Morgan fingerprint density at radius 1 is 0.718 bits per heavy atom. The Labute approximate surface area is 238 Å². The third-order valence-electron chi connectivity index (χ3n) is 6.44. The van der Waals surface area contributed by atoms with Gasteiger partial charge in [-0.2, -0.15) is 0 Å². The number of phosphoric ester groups is 1. The molecule has 0 amide bonds. The summed E-state index contributed by atoms with van der Waals surface area (Å²) in [5.74, 6) is -0.894. The second-order valence-electron chi connectivity index (χ2n) is 11.5. The zero-order valence-corrected chi connectivity index (χ0v) is 26.5. The van der Waals surface area contributed by atoms with Gasteiger partial charge in [0.25, 0.3) is 0 Å². The van der Waals surface area contributed by atoms with Gasteiger partial charge in [0.15, 0.2) is 6.10 Å². The molecule has 0 spiro atoms. The molecule has 2 atom stereocenters. The summed E-state index contributed by atoms with van der Waals surface area (Å²) in [5, 5.41) is 0. The molecule has 0 aliphatic carbocycles. The fourth-order valence-electron chi connectivity index (χ4n) is 3.93. The summed E-state index contributed by atoms with van der Waals surface area (Å²) in [5.41, 5.74) is 0. The number of hydrogen-bond donors (Lipinski definition) is 1. The van der Waals surface area contributed by atoms with Crippen molar-refractivity contribution in [2.24, 2.45) is 0 Å². The molecule has 1 N–H and O–H groups in total. The lowest BCUT2D eigenvalue weighted by Crippen LogP contribution is -2.37. The van der Waals surface area contributed by atoms with Gasteiger partial charge in [0.1, 0.15) is 19.8 Å². The molecular weight excluding hydrogens is 521 g/mol. The first-order chi connectivity index (χ1) is 18.5. The lowest BCUT2D eigenvalue weighted by molar-refractivity contribution is -0.870. The molecule has 10 heteroatoms. The van der Waals surface area contributed by atoms with Crippen LogP contribution in [0.25, 0.3) is 0 Å². The molecule has 0 saturated carbocycles. The van der Waals surface area contributed by atoms with E-state index in [0.717, 1.165) is 19.3 Å². The van der Waals surface area contributed by atoms with E-state index in [4.69, 9.17) is 18.5 Å². The zero-order valence-electron chi connectivity index (χ0n) is 25.6. The highest BCUT2D eigenvalue weighted by atomic mass is 31.2. The second kappa shape index (κ2) is 23.7. The summed E-state index contributed by atoms with van der Waals surface area (Å²) in [7, 11) is 1.47. The number of nitrogens with zero attached hydrogens (tertiary/aromatic N) is 1. The molecule has 0 rings (SSSR count). The molecule has 0 aromatic carbocycles. The summed E-state index contributed by atoms with van der Waals surface area (Å²) in [4.78, 5) is 33.7. The first kappa shape index (κ1) is 38.0. The fourth-order valence-corrected chi connectivity index (χ4v) is 4.67. The van der Waals surface area contributed by atoms with Crippen LogP contribution in [-0.4, -0.2) is 74.9 Å². The van der Waals surface area contributed by atoms with E-state index in [-0.39, 0.29) is 25.6 Å². The van der Waals surface area contributed by atoms with Crippen LogP contribution in [0.3, 0.4) is 0 Å². The van der Waals surface area contributed by atoms with Gasteiger partial charge in [0.05, 0.1) is 27.7 Å². The van der Waals surface area contributed by atoms with E-state index in [0.29, 0.717) is 17.4 Å². The first-order valence-electron chi connectivity index (χ1n) is 15.3. The van der Waals surface area contributed by atoms with Crippen LogP contribution in [0.5, 0.6) is 0 Å². The summed E-state index contributed by atoms with van der Waals surface area (Å²) in [6.45, 7) is 3.79. The van der Waals surface area contributed by atoms with Crippen LogP contribution in [0.2, 0.25) is 0 Å². The SMILES string of the molecule is CCCCCCCCCCCCCCCCCC(=O)OCC(COP(=O)(O)OCC[N+](C)(C)C)OC(=O)CC. The van der Waals surface area contributed by atoms with E-state index in [1.165, 1.54) is 77.0 Å². The Morgan fingerprint density at radius 2 is 1.21 bits per heavy atom. The number of unbranched alkanes of at least 4 members (excludes halogenated alkanes) is 14. The molecular formula is C29H59NO8P+. The van der Waals surface area contributed by atoms with E-state index in [2.05, 4.69) is 6.92 Å². The van der Waals surface area contributed by atoms with Crippen molar-refractivity contribution in [2.45, 2.75) is 129 Å². The average molecular weight is 581 g/mol. The summed E-state index contributed by atoms with van der Waals surface area (Å²) >= 11 is 0. The molecule has 232 valence electrons. The maximum absolute atomic E-state index is 12.1. The van der Waals surface area contributed by atoms with Gasteiger partial charge in [0, 0.05) is 12.8 Å². The summed E-state index contributed by atoms with van der Waals surface area (Å²) < 4.78 is 33.1. The van der Waals surface area contributed by atoms with Crippen molar-refractivity contribution in [1.29, 1.82) is 0 Å². The lowest BCUT2D eigenvalue weighted by Gasteiger charge is -2.24. The smallest absolute Gasteiger partial charge is 0.462 e. The standard InChI is InChI=1S/C29H58NO8P/c1-6-8-9-10-11-12-13-14-15-16-17-18-19-20-21-22-29(32)35-25-27(38-28(31)7-2)26-37-39(33,34)36-24-23-30(3,4)5/h27H,6-26H2,1-5H3/p+1. The molecule has 0 saturated heterocycles. The van der Waals surface area contributed by atoms with E-state index in [1.807, 2.05) is 21.1 Å². The highest BCUT2D eigenvalue weighted by Gasteiger charge is 2.26. The van der Waals surface area contributed by atoms with Crippen LogP contribution < -0.4 is 0 Å². The van der Waals surface area contributed by atoms with Crippen LogP contribution in [0.4, 0.5) is 0 Å². The third kappa shape index (κ3) is 27.0. The van der Waals surface area contributed by atoms with Crippen molar-refractivity contribution in [1.82, 2.24) is 0 Å². The van der Waals surface area contributed by atoms with E-state index in [1.54, 1.807) is 6.92 Å². The molecule has 0 aromatic heterocycles. The summed E-state index contributed by atoms with van der Waals surface area (Å²) in [6, 6.07) is 0. The van der Waals surface area contributed by atoms with E-state index in [9.17, 15) is 19.0 Å². The van der Waals surface area contributed by atoms with Crippen LogP contribution in [-0.2, 0) is 32.7 Å². The van der Waals surface area contributed by atoms with Crippen LogP contribution in [0.1, 0.15) is 123 Å². The number of hydrogen-bond acceptors (Lipinski definition) is 7. The van der Waals surface area contributed by atoms with Gasteiger partial charge >= 0.3 is 19.8 Å². The predicted octanol–water partition coefficient (Wildman–Crippen LogP) is 6.95. The number of esters is 2. The average Bonchev–Trinajstić information content (AvgIpc) is 2.86. The van der Waals surface area contributed by atoms with Crippen molar-refractivity contribution in [2.75, 3.05) is 47.5 Å². The van der Waals surface area contributed by atoms with Crippen LogP contribution >= 0.6 is 7.82 Å². The second-order valence-corrected chi connectivity index (χ2v) is 12.9. The molecule has 0 heterocycles. The Hall–Kier alpha value is -0.990. The monoisotopic (exact) mass is 580 g/mol. The van der Waals surface area contributed by atoms with Gasteiger partial charge < -0.3 is 18.9 Å². The Bertz CT molecular complexity index is 668. The molecule has 0 aromatic rings. The minimum Gasteiger partial charge on any atom is -0.462 e. The summed E-state index contributed by atoms with van der Waals surface area (Å²) in [6.07, 6.45) is 18.3. The number of ether oxygens (including phenoxy) is 2. The Morgan fingerprint density at radius 3 is 1.67 bits per heavy atom. The Kier molecular flexibility index (Phi) is 23.1. The molecule has 0 bridgehead atoms. The third-order valence-corrected chi connectivity index (χ3v) is 7.43. The number of phosphoric acid groups is 1. The van der Waals surface area contributed by atoms with Gasteiger partial charge in [-0.15, -0.1) is 0 Å². The number of carbonyl (C=O) groups is 2. The minimum absolute atomic E-state index is 0.0327. The highest BCUT2D eigenvalue weighted by molar-refractivity contribution is 7.47. The highest BCUT2D eigenvalue weighted by Crippen LogP contribution is 2.43. The van der Waals surface area contributed by atoms with Gasteiger partial charge in [-0.05, 0) is 6.42 Å². The van der Waals surface area contributed by atoms with Crippen molar-refractivity contribution in [3.63, 3.8) is 0 Å². The van der Waals surface area contributed by atoms with Crippen molar-refractivity contribution in [3.05, 3.63) is 0 Å². The van der Waals surface area contributed by atoms with Crippen LogP contribution in [0, 0.1) is 0 Å². The van der Waals surface area contributed by atoms with Gasteiger partial charge in [-0.3, -0.25) is 18.6 Å². The molecule has 0 aliphatic heterocycles. The number of likely N-dealkylation sites (N-methyl/N-ethyl adjacent to an activating group) is 1. The molecule has 39 heavy (non-hydrogen) atoms.